The van der Waals surface area contributed by atoms with Crippen LogP contribution in [0, 0.1) is 0 Å². The number of furan rings is 1. The number of thiazole rings is 1. The van der Waals surface area contributed by atoms with Crippen molar-refractivity contribution in [1.29, 1.82) is 0 Å². The Labute approximate surface area is 192 Å². The average Bonchev–Trinajstić information content (AvgIpc) is 3.50. The highest BCUT2D eigenvalue weighted by Gasteiger charge is 2.30. The minimum atomic E-state index is -4.39. The smallest absolute Gasteiger partial charge is 0.416 e. The maximum Gasteiger partial charge on any atom is 0.416 e. The second kappa shape index (κ2) is 9.50. The van der Waals surface area contributed by atoms with E-state index in [2.05, 4.69) is 4.98 Å². The highest BCUT2D eigenvalue weighted by atomic mass is 32.1. The van der Waals surface area contributed by atoms with Crippen molar-refractivity contribution in [3.05, 3.63) is 94.9 Å². The molecule has 0 fully saturated rings. The third-order valence-electron chi connectivity index (χ3n) is 4.80. The van der Waals surface area contributed by atoms with E-state index < -0.39 is 11.7 Å². The van der Waals surface area contributed by atoms with E-state index in [0.717, 1.165) is 17.7 Å². The molecule has 0 aliphatic heterocycles. The Bertz CT molecular complexity index is 1220. The fourth-order valence-electron chi connectivity index (χ4n) is 3.11. The third kappa shape index (κ3) is 5.61. The van der Waals surface area contributed by atoms with Gasteiger partial charge in [-0.3, -0.25) is 4.79 Å². The van der Waals surface area contributed by atoms with Gasteiger partial charge in [-0.05, 0) is 54.1 Å². The third-order valence-corrected chi connectivity index (χ3v) is 5.70. The van der Waals surface area contributed by atoms with Crippen molar-refractivity contribution < 1.29 is 27.1 Å². The molecule has 33 heavy (non-hydrogen) atoms. The molecule has 0 N–H and O–H groups in total. The highest BCUT2D eigenvalue weighted by Crippen LogP contribution is 2.30. The number of amides is 1. The summed E-state index contributed by atoms with van der Waals surface area (Å²) in [7, 11) is 1.68. The van der Waals surface area contributed by atoms with Crippen LogP contribution in [-0.4, -0.2) is 22.8 Å². The molecular formula is C24H19F3N2O3S. The molecule has 5 nitrogen and oxygen atoms in total. The first-order chi connectivity index (χ1) is 15.8. The van der Waals surface area contributed by atoms with E-state index in [-0.39, 0.29) is 12.5 Å². The summed E-state index contributed by atoms with van der Waals surface area (Å²) in [6.07, 6.45) is -2.83. The molecule has 0 saturated carbocycles. The fourth-order valence-corrected chi connectivity index (χ4v) is 3.91. The van der Waals surface area contributed by atoms with Gasteiger partial charge in [-0.15, -0.1) is 11.3 Å². The number of rotatable bonds is 7. The Morgan fingerprint density at radius 1 is 1.12 bits per heavy atom. The summed E-state index contributed by atoms with van der Waals surface area (Å²) < 4.78 is 49.4. The molecule has 0 spiro atoms. The van der Waals surface area contributed by atoms with Gasteiger partial charge in [0.2, 0.25) is 0 Å². The second-order valence-electron chi connectivity index (χ2n) is 7.29. The second-order valence-corrected chi connectivity index (χ2v) is 8.15. The number of aromatic nitrogens is 1. The topological polar surface area (TPSA) is 55.6 Å². The molecule has 0 atom stereocenters. The standard InChI is InChI=1S/C24H19F3N2O3S/c1-29(13-20-6-3-11-31-20)23(30)21-15-33-22(28-21)17-7-9-19(10-8-17)32-14-16-4-2-5-18(12-16)24(25,26)27/h2-12,15H,13-14H2,1H3. The van der Waals surface area contributed by atoms with Crippen LogP contribution in [0.25, 0.3) is 10.6 Å². The van der Waals surface area contributed by atoms with Gasteiger partial charge < -0.3 is 14.1 Å². The maximum absolute atomic E-state index is 12.8. The number of hydrogen-bond donors (Lipinski definition) is 0. The van der Waals surface area contributed by atoms with Crippen LogP contribution in [0.4, 0.5) is 13.2 Å². The summed E-state index contributed by atoms with van der Waals surface area (Å²) in [6, 6.07) is 15.6. The van der Waals surface area contributed by atoms with Gasteiger partial charge in [0.25, 0.3) is 5.91 Å². The van der Waals surface area contributed by atoms with Crippen LogP contribution in [0.5, 0.6) is 5.75 Å². The number of hydrogen-bond acceptors (Lipinski definition) is 5. The zero-order valence-corrected chi connectivity index (χ0v) is 18.3. The molecular weight excluding hydrogens is 453 g/mol. The van der Waals surface area contributed by atoms with E-state index in [1.807, 2.05) is 0 Å². The van der Waals surface area contributed by atoms with E-state index in [0.29, 0.717) is 34.3 Å². The monoisotopic (exact) mass is 472 g/mol. The molecule has 170 valence electrons. The summed E-state index contributed by atoms with van der Waals surface area (Å²) in [5, 5.41) is 2.38. The number of carbonyl (C=O) groups excluding carboxylic acids is 1. The van der Waals surface area contributed by atoms with Crippen molar-refractivity contribution in [2.24, 2.45) is 0 Å². The fraction of sp³-hybridized carbons (Fsp3) is 0.167. The van der Waals surface area contributed by atoms with Crippen molar-refractivity contribution in [2.75, 3.05) is 7.05 Å². The zero-order valence-electron chi connectivity index (χ0n) is 17.5. The van der Waals surface area contributed by atoms with Gasteiger partial charge in [-0.2, -0.15) is 13.2 Å². The SMILES string of the molecule is CN(Cc1ccco1)C(=O)c1csc(-c2ccc(OCc3cccc(C(F)(F)F)c3)cc2)n1. The number of benzene rings is 2. The van der Waals surface area contributed by atoms with Gasteiger partial charge in [0.1, 0.15) is 28.8 Å². The van der Waals surface area contributed by atoms with Crippen molar-refractivity contribution >= 4 is 17.2 Å². The zero-order chi connectivity index (χ0) is 23.4. The number of carbonyl (C=O) groups is 1. The number of ether oxygens (including phenoxy) is 1. The molecule has 2 aromatic carbocycles. The average molecular weight is 472 g/mol. The Morgan fingerprint density at radius 3 is 2.61 bits per heavy atom. The van der Waals surface area contributed by atoms with Gasteiger partial charge in [0, 0.05) is 18.0 Å². The van der Waals surface area contributed by atoms with Gasteiger partial charge in [0.15, 0.2) is 0 Å². The molecule has 2 heterocycles. The Kier molecular flexibility index (Phi) is 6.50. The van der Waals surface area contributed by atoms with E-state index in [1.54, 1.807) is 61.2 Å². The molecule has 0 aliphatic carbocycles. The predicted octanol–water partition coefficient (Wildman–Crippen LogP) is 6.27. The van der Waals surface area contributed by atoms with E-state index >= 15 is 0 Å². The molecule has 0 bridgehead atoms. The lowest BCUT2D eigenvalue weighted by Crippen LogP contribution is -2.26. The lowest BCUT2D eigenvalue weighted by Gasteiger charge is -2.13. The Balaban J connectivity index is 1.38. The Morgan fingerprint density at radius 2 is 1.91 bits per heavy atom. The van der Waals surface area contributed by atoms with E-state index in [1.165, 1.54) is 22.3 Å². The summed E-state index contributed by atoms with van der Waals surface area (Å²) in [5.74, 6) is 0.985. The van der Waals surface area contributed by atoms with Crippen LogP contribution < -0.4 is 4.74 Å². The molecule has 1 amide bonds. The van der Waals surface area contributed by atoms with Gasteiger partial charge >= 0.3 is 6.18 Å². The normalized spacial score (nSPS) is 11.4. The summed E-state index contributed by atoms with van der Waals surface area (Å²) in [5.41, 5.74) is 0.867. The maximum atomic E-state index is 12.8. The van der Waals surface area contributed by atoms with Gasteiger partial charge in [-0.25, -0.2) is 4.98 Å². The molecule has 0 saturated heterocycles. The van der Waals surface area contributed by atoms with E-state index in [4.69, 9.17) is 9.15 Å². The minimum absolute atomic E-state index is 0.0151. The first-order valence-corrected chi connectivity index (χ1v) is 10.8. The van der Waals surface area contributed by atoms with Gasteiger partial charge in [-0.1, -0.05) is 12.1 Å². The van der Waals surface area contributed by atoms with Crippen molar-refractivity contribution in [3.8, 4) is 16.3 Å². The summed E-state index contributed by atoms with van der Waals surface area (Å²) >= 11 is 1.35. The van der Waals surface area contributed by atoms with Crippen LogP contribution in [-0.2, 0) is 19.3 Å². The largest absolute Gasteiger partial charge is 0.489 e. The first-order valence-electron chi connectivity index (χ1n) is 9.92. The van der Waals surface area contributed by atoms with Crippen molar-refractivity contribution in [1.82, 2.24) is 9.88 Å². The molecule has 0 aliphatic rings. The van der Waals surface area contributed by atoms with Crippen LogP contribution in [0.1, 0.15) is 27.4 Å². The predicted molar refractivity (Wildman–Crippen MR) is 118 cm³/mol. The van der Waals surface area contributed by atoms with Crippen LogP contribution in [0.2, 0.25) is 0 Å². The highest BCUT2D eigenvalue weighted by molar-refractivity contribution is 7.13. The first kappa shape index (κ1) is 22.6. The lowest BCUT2D eigenvalue weighted by atomic mass is 10.1. The molecule has 4 rings (SSSR count). The van der Waals surface area contributed by atoms with Crippen LogP contribution in [0.3, 0.4) is 0 Å². The molecule has 4 aromatic rings. The van der Waals surface area contributed by atoms with Crippen molar-refractivity contribution in [3.63, 3.8) is 0 Å². The number of halogens is 3. The quantitative estimate of drug-likeness (QED) is 0.318. The molecule has 0 radical (unpaired) electrons. The number of nitrogens with zero attached hydrogens (tertiary/aromatic N) is 2. The van der Waals surface area contributed by atoms with Gasteiger partial charge in [0.05, 0.1) is 18.4 Å². The minimum Gasteiger partial charge on any atom is -0.489 e. The molecule has 0 unspecified atom stereocenters. The lowest BCUT2D eigenvalue weighted by molar-refractivity contribution is -0.137. The molecule has 9 heteroatoms. The van der Waals surface area contributed by atoms with E-state index in [9.17, 15) is 18.0 Å². The van der Waals surface area contributed by atoms with Crippen LogP contribution in [0.15, 0.2) is 76.7 Å². The van der Waals surface area contributed by atoms with Crippen molar-refractivity contribution in [2.45, 2.75) is 19.3 Å². The Hall–Kier alpha value is -3.59. The number of alkyl halides is 3. The van der Waals surface area contributed by atoms with Crippen LogP contribution >= 0.6 is 11.3 Å². The summed E-state index contributed by atoms with van der Waals surface area (Å²) in [4.78, 5) is 18.6. The summed E-state index contributed by atoms with van der Waals surface area (Å²) in [6.45, 7) is 0.359. The molecule has 2 aromatic heterocycles.